The molecule has 7 heteroatoms. The Labute approximate surface area is 162 Å². The molecular weight excluding hydrogens is 356 g/mol. The van der Waals surface area contributed by atoms with Crippen LogP contribution < -0.4 is 14.9 Å². The molecule has 0 saturated carbocycles. The molecule has 1 aliphatic rings. The number of rotatable bonds is 4. The van der Waals surface area contributed by atoms with E-state index in [-0.39, 0.29) is 12.5 Å². The van der Waals surface area contributed by atoms with Gasteiger partial charge in [-0.2, -0.15) is 10.2 Å². The summed E-state index contributed by atoms with van der Waals surface area (Å²) in [5.74, 6) is 0.819. The summed E-state index contributed by atoms with van der Waals surface area (Å²) in [4.78, 5) is 12.3. The van der Waals surface area contributed by atoms with Crippen LogP contribution in [0.4, 0.5) is 0 Å². The second-order valence-corrected chi connectivity index (χ2v) is 6.43. The second-order valence-electron chi connectivity index (χ2n) is 6.43. The first-order valence-corrected chi connectivity index (χ1v) is 8.96. The minimum absolute atomic E-state index is 0.141. The Balaban J connectivity index is 1.44. The molecule has 0 bridgehead atoms. The largest absolute Gasteiger partial charge is 0.485 e. The van der Waals surface area contributed by atoms with E-state index in [1.807, 2.05) is 61.0 Å². The number of hydrazone groups is 1. The predicted molar refractivity (Wildman–Crippen MR) is 105 cm³/mol. The van der Waals surface area contributed by atoms with E-state index in [9.17, 15) is 4.79 Å². The van der Waals surface area contributed by atoms with E-state index in [1.165, 1.54) is 0 Å². The van der Waals surface area contributed by atoms with Crippen molar-refractivity contribution in [3.8, 4) is 17.2 Å². The fourth-order valence-corrected chi connectivity index (χ4v) is 3.04. The molecule has 0 saturated heterocycles. The summed E-state index contributed by atoms with van der Waals surface area (Å²) in [6.07, 6.45) is 0.855. The fraction of sp³-hybridized carbons (Fsp3) is 0.190. The molecule has 1 N–H and O–H groups in total. The molecule has 4 rings (SSSR count). The minimum atomic E-state index is -0.749. The number of para-hydroxylation sites is 3. The van der Waals surface area contributed by atoms with Gasteiger partial charge in [-0.1, -0.05) is 30.3 Å². The van der Waals surface area contributed by atoms with Crippen LogP contribution in [0.1, 0.15) is 17.0 Å². The van der Waals surface area contributed by atoms with Crippen LogP contribution in [-0.4, -0.2) is 34.6 Å². The SMILES string of the molecule is Cc1nn(-c2ccccc2)c(C)c1/C=N\NC(=O)[C@H]1COc2ccccc2O1. The maximum Gasteiger partial charge on any atom is 0.284 e. The van der Waals surface area contributed by atoms with E-state index >= 15 is 0 Å². The van der Waals surface area contributed by atoms with E-state index in [4.69, 9.17) is 9.47 Å². The third kappa shape index (κ3) is 3.46. The van der Waals surface area contributed by atoms with Crippen molar-refractivity contribution in [2.75, 3.05) is 6.61 Å². The smallest absolute Gasteiger partial charge is 0.284 e. The van der Waals surface area contributed by atoms with E-state index in [1.54, 1.807) is 18.3 Å². The number of fused-ring (bicyclic) bond motifs is 1. The molecule has 0 fully saturated rings. The number of carbonyl (C=O) groups excluding carboxylic acids is 1. The van der Waals surface area contributed by atoms with Crippen LogP contribution in [0.3, 0.4) is 0 Å². The quantitative estimate of drug-likeness (QED) is 0.561. The Hall–Kier alpha value is -3.61. The van der Waals surface area contributed by atoms with E-state index in [0.717, 1.165) is 22.6 Å². The average Bonchev–Trinajstić information content (AvgIpc) is 3.02. The predicted octanol–water partition coefficient (Wildman–Crippen LogP) is 2.78. The number of ether oxygens (including phenoxy) is 2. The van der Waals surface area contributed by atoms with Crippen LogP contribution in [-0.2, 0) is 4.79 Å². The summed E-state index contributed by atoms with van der Waals surface area (Å²) in [7, 11) is 0. The highest BCUT2D eigenvalue weighted by atomic mass is 16.6. The van der Waals surface area contributed by atoms with Crippen molar-refractivity contribution >= 4 is 12.1 Å². The molecule has 2 aromatic carbocycles. The summed E-state index contributed by atoms with van der Waals surface area (Å²) in [6, 6.07) is 17.1. The summed E-state index contributed by atoms with van der Waals surface area (Å²) < 4.78 is 13.1. The van der Waals surface area contributed by atoms with Gasteiger partial charge in [-0.05, 0) is 38.1 Å². The van der Waals surface area contributed by atoms with Gasteiger partial charge in [-0.3, -0.25) is 4.79 Å². The van der Waals surface area contributed by atoms with Crippen LogP contribution in [0.15, 0.2) is 59.7 Å². The van der Waals surface area contributed by atoms with Gasteiger partial charge in [0, 0.05) is 5.56 Å². The van der Waals surface area contributed by atoms with Crippen molar-refractivity contribution in [1.29, 1.82) is 0 Å². The molecule has 0 aliphatic carbocycles. The van der Waals surface area contributed by atoms with Gasteiger partial charge in [0.25, 0.3) is 5.91 Å². The Morgan fingerprint density at radius 3 is 2.64 bits per heavy atom. The highest BCUT2D eigenvalue weighted by Gasteiger charge is 2.27. The van der Waals surface area contributed by atoms with Gasteiger partial charge in [0.15, 0.2) is 11.5 Å². The molecule has 0 radical (unpaired) electrons. The lowest BCUT2D eigenvalue weighted by Crippen LogP contribution is -2.42. The molecule has 2 heterocycles. The van der Waals surface area contributed by atoms with Crippen molar-refractivity contribution in [3.05, 3.63) is 71.5 Å². The molecule has 142 valence electrons. The summed E-state index contributed by atoms with van der Waals surface area (Å²) in [5.41, 5.74) is 6.11. The van der Waals surface area contributed by atoms with Gasteiger partial charge in [0.05, 0.1) is 23.3 Å². The van der Waals surface area contributed by atoms with Crippen molar-refractivity contribution in [2.45, 2.75) is 20.0 Å². The first-order valence-electron chi connectivity index (χ1n) is 8.96. The zero-order valence-corrected chi connectivity index (χ0v) is 15.6. The maximum atomic E-state index is 12.3. The summed E-state index contributed by atoms with van der Waals surface area (Å²) >= 11 is 0. The van der Waals surface area contributed by atoms with E-state index in [0.29, 0.717) is 11.5 Å². The molecule has 3 aromatic rings. The first kappa shape index (κ1) is 17.8. The average molecular weight is 376 g/mol. The molecule has 28 heavy (non-hydrogen) atoms. The fourth-order valence-electron chi connectivity index (χ4n) is 3.04. The monoisotopic (exact) mass is 376 g/mol. The van der Waals surface area contributed by atoms with Crippen molar-refractivity contribution in [2.24, 2.45) is 5.10 Å². The number of benzene rings is 2. The zero-order chi connectivity index (χ0) is 19.5. The van der Waals surface area contributed by atoms with Gasteiger partial charge in [-0.25, -0.2) is 10.1 Å². The lowest BCUT2D eigenvalue weighted by molar-refractivity contribution is -0.130. The van der Waals surface area contributed by atoms with Gasteiger partial charge in [0.1, 0.15) is 6.61 Å². The highest BCUT2D eigenvalue weighted by molar-refractivity contribution is 5.86. The third-order valence-corrected chi connectivity index (χ3v) is 4.52. The van der Waals surface area contributed by atoms with Gasteiger partial charge >= 0.3 is 0 Å². The number of aryl methyl sites for hydroxylation is 1. The number of hydrogen-bond acceptors (Lipinski definition) is 5. The first-order chi connectivity index (χ1) is 13.6. The summed E-state index contributed by atoms with van der Waals surface area (Å²) in [6.45, 7) is 4.01. The van der Waals surface area contributed by atoms with Crippen LogP contribution in [0, 0.1) is 13.8 Å². The molecule has 0 unspecified atom stereocenters. The Kier molecular flexibility index (Phi) is 4.80. The number of amides is 1. The Morgan fingerprint density at radius 1 is 1.14 bits per heavy atom. The normalized spacial score (nSPS) is 15.6. The van der Waals surface area contributed by atoms with E-state index < -0.39 is 6.10 Å². The number of aromatic nitrogens is 2. The summed E-state index contributed by atoms with van der Waals surface area (Å²) in [5, 5.41) is 8.65. The Bertz CT molecular complexity index is 1030. The molecule has 0 spiro atoms. The third-order valence-electron chi connectivity index (χ3n) is 4.52. The van der Waals surface area contributed by atoms with Crippen molar-refractivity contribution in [3.63, 3.8) is 0 Å². The van der Waals surface area contributed by atoms with Gasteiger partial charge in [0.2, 0.25) is 6.10 Å². The van der Waals surface area contributed by atoms with Crippen molar-refractivity contribution < 1.29 is 14.3 Å². The molecule has 1 atom stereocenters. The van der Waals surface area contributed by atoms with Gasteiger partial charge in [-0.15, -0.1) is 0 Å². The number of hydrogen-bond donors (Lipinski definition) is 1. The Morgan fingerprint density at radius 2 is 1.86 bits per heavy atom. The lowest BCUT2D eigenvalue weighted by Gasteiger charge is -2.24. The molecule has 1 amide bonds. The zero-order valence-electron chi connectivity index (χ0n) is 15.6. The second kappa shape index (κ2) is 7.56. The molecular formula is C21H20N4O3. The van der Waals surface area contributed by atoms with Crippen LogP contribution in [0.25, 0.3) is 5.69 Å². The van der Waals surface area contributed by atoms with Crippen LogP contribution in [0.2, 0.25) is 0 Å². The van der Waals surface area contributed by atoms with E-state index in [2.05, 4.69) is 15.6 Å². The molecule has 1 aromatic heterocycles. The van der Waals surface area contributed by atoms with Gasteiger partial charge < -0.3 is 9.47 Å². The number of nitrogens with zero attached hydrogens (tertiary/aromatic N) is 3. The highest BCUT2D eigenvalue weighted by Crippen LogP contribution is 2.30. The van der Waals surface area contributed by atoms with Crippen LogP contribution in [0.5, 0.6) is 11.5 Å². The number of nitrogens with one attached hydrogen (secondary N) is 1. The molecule has 1 aliphatic heterocycles. The number of carbonyl (C=O) groups is 1. The lowest BCUT2D eigenvalue weighted by atomic mass is 10.2. The van der Waals surface area contributed by atoms with Crippen molar-refractivity contribution in [1.82, 2.24) is 15.2 Å². The maximum absolute atomic E-state index is 12.3. The minimum Gasteiger partial charge on any atom is -0.485 e. The molecule has 7 nitrogen and oxygen atoms in total. The standard InChI is InChI=1S/C21H20N4O3/c1-14-17(15(2)25(24-14)16-8-4-3-5-9-16)12-22-23-21(26)20-13-27-18-10-6-7-11-19(18)28-20/h3-12,20H,13H2,1-2H3,(H,23,26)/b22-12-/t20-/m1/s1. The van der Waals surface area contributed by atoms with Crippen LogP contribution >= 0.6 is 0 Å². The topological polar surface area (TPSA) is 77.7 Å².